The summed E-state index contributed by atoms with van der Waals surface area (Å²) < 4.78 is 27.7. The van der Waals surface area contributed by atoms with Gasteiger partial charge in [-0.05, 0) is 38.9 Å². The molecule has 21 heavy (non-hydrogen) atoms. The first-order valence-electron chi connectivity index (χ1n) is 7.42. The van der Waals surface area contributed by atoms with E-state index in [1.807, 2.05) is 14.0 Å². The zero-order valence-corrected chi connectivity index (χ0v) is 13.5. The predicted molar refractivity (Wildman–Crippen MR) is 83.9 cm³/mol. The lowest BCUT2D eigenvalue weighted by Gasteiger charge is -2.20. The van der Waals surface area contributed by atoms with E-state index in [0.717, 1.165) is 32.4 Å². The lowest BCUT2D eigenvalue weighted by atomic mass is 10.2. The molecule has 6 nitrogen and oxygen atoms in total. The van der Waals surface area contributed by atoms with Gasteiger partial charge in [-0.3, -0.25) is 4.98 Å². The van der Waals surface area contributed by atoms with Crippen molar-refractivity contribution < 1.29 is 8.42 Å². The van der Waals surface area contributed by atoms with Crippen LogP contribution in [0.2, 0.25) is 0 Å². The number of hydrogen-bond donors (Lipinski definition) is 2. The van der Waals surface area contributed by atoms with Gasteiger partial charge in [0.05, 0.1) is 5.69 Å². The van der Waals surface area contributed by atoms with Crippen molar-refractivity contribution in [2.75, 3.05) is 32.0 Å². The number of nitrogens with zero attached hydrogens (tertiary/aromatic N) is 2. The number of likely N-dealkylation sites (tertiary alicyclic amines) is 1. The monoisotopic (exact) mass is 312 g/mol. The largest absolute Gasteiger partial charge is 0.384 e. The van der Waals surface area contributed by atoms with Crippen molar-refractivity contribution in [1.29, 1.82) is 0 Å². The first-order chi connectivity index (χ1) is 10.0. The summed E-state index contributed by atoms with van der Waals surface area (Å²) in [5, 5.41) is 3.14. The Morgan fingerprint density at radius 1 is 1.48 bits per heavy atom. The highest BCUT2D eigenvalue weighted by molar-refractivity contribution is 7.89. The summed E-state index contributed by atoms with van der Waals surface area (Å²) in [6.45, 7) is 4.25. The molecular formula is C14H24N4O2S. The smallest absolute Gasteiger partial charge is 0.244 e. The highest BCUT2D eigenvalue weighted by atomic mass is 32.2. The lowest BCUT2D eigenvalue weighted by molar-refractivity contribution is 0.311. The van der Waals surface area contributed by atoms with Crippen molar-refractivity contribution in [3.63, 3.8) is 0 Å². The van der Waals surface area contributed by atoms with Gasteiger partial charge in [-0.1, -0.05) is 6.92 Å². The van der Waals surface area contributed by atoms with Crippen LogP contribution in [-0.4, -0.2) is 51.0 Å². The standard InChI is InChI=1S/C14H24N4O2S/c1-3-7-16-13-6-8-15-11-14(13)21(19,20)17-10-12-5-4-9-18(12)2/h6,8,11-12,17H,3-5,7,9-10H2,1-2H3,(H,15,16). The number of sulfonamides is 1. The van der Waals surface area contributed by atoms with E-state index >= 15 is 0 Å². The molecule has 0 aliphatic carbocycles. The molecular weight excluding hydrogens is 288 g/mol. The quantitative estimate of drug-likeness (QED) is 0.793. The fraction of sp³-hybridized carbons (Fsp3) is 0.643. The minimum atomic E-state index is -3.53. The molecule has 1 aliphatic rings. The summed E-state index contributed by atoms with van der Waals surface area (Å²) in [6, 6.07) is 1.98. The van der Waals surface area contributed by atoms with Gasteiger partial charge in [-0.25, -0.2) is 13.1 Å². The number of hydrogen-bond acceptors (Lipinski definition) is 5. The molecule has 2 heterocycles. The second-order valence-corrected chi connectivity index (χ2v) is 7.16. The van der Waals surface area contributed by atoms with Crippen LogP contribution in [0.15, 0.2) is 23.4 Å². The molecule has 118 valence electrons. The molecule has 0 saturated carbocycles. The van der Waals surface area contributed by atoms with E-state index in [0.29, 0.717) is 12.2 Å². The minimum absolute atomic E-state index is 0.221. The molecule has 1 atom stereocenters. The zero-order valence-electron chi connectivity index (χ0n) is 12.7. The molecule has 1 aromatic rings. The molecule has 1 fully saturated rings. The molecule has 0 spiro atoms. The number of nitrogens with one attached hydrogen (secondary N) is 2. The third kappa shape index (κ3) is 4.15. The van der Waals surface area contributed by atoms with E-state index in [-0.39, 0.29) is 10.9 Å². The van der Waals surface area contributed by atoms with Crippen LogP contribution in [0.1, 0.15) is 26.2 Å². The van der Waals surface area contributed by atoms with Gasteiger partial charge < -0.3 is 10.2 Å². The van der Waals surface area contributed by atoms with E-state index in [2.05, 4.69) is 19.9 Å². The number of aromatic nitrogens is 1. The normalized spacial score (nSPS) is 19.8. The average molecular weight is 312 g/mol. The molecule has 1 aromatic heterocycles. The first-order valence-corrected chi connectivity index (χ1v) is 8.90. The van der Waals surface area contributed by atoms with Crippen LogP contribution in [0, 0.1) is 0 Å². The van der Waals surface area contributed by atoms with E-state index in [9.17, 15) is 8.42 Å². The van der Waals surface area contributed by atoms with Gasteiger partial charge in [0, 0.05) is 31.5 Å². The molecule has 0 amide bonds. The van der Waals surface area contributed by atoms with Crippen LogP contribution in [0.3, 0.4) is 0 Å². The summed E-state index contributed by atoms with van der Waals surface area (Å²) in [5.74, 6) is 0. The Bertz CT molecular complexity index is 562. The van der Waals surface area contributed by atoms with Gasteiger partial charge in [-0.15, -0.1) is 0 Å². The summed E-state index contributed by atoms with van der Waals surface area (Å²) >= 11 is 0. The molecule has 2 N–H and O–H groups in total. The maximum absolute atomic E-state index is 12.5. The average Bonchev–Trinajstić information content (AvgIpc) is 2.89. The Labute approximate surface area is 127 Å². The van der Waals surface area contributed by atoms with Gasteiger partial charge in [0.1, 0.15) is 4.90 Å². The van der Waals surface area contributed by atoms with E-state index in [1.165, 1.54) is 6.20 Å². The molecule has 1 unspecified atom stereocenters. The Balaban J connectivity index is 2.08. The summed E-state index contributed by atoms with van der Waals surface area (Å²) in [4.78, 5) is 6.36. The minimum Gasteiger partial charge on any atom is -0.384 e. The third-order valence-corrected chi connectivity index (χ3v) is 5.27. The van der Waals surface area contributed by atoms with Crippen LogP contribution in [0.25, 0.3) is 0 Å². The molecule has 2 rings (SSSR count). The molecule has 1 saturated heterocycles. The third-order valence-electron chi connectivity index (χ3n) is 3.82. The summed E-state index contributed by atoms with van der Waals surface area (Å²) in [7, 11) is -1.50. The Hall–Kier alpha value is -1.18. The van der Waals surface area contributed by atoms with Gasteiger partial charge in [0.2, 0.25) is 10.0 Å². The van der Waals surface area contributed by atoms with Crippen LogP contribution >= 0.6 is 0 Å². The van der Waals surface area contributed by atoms with Crippen molar-refractivity contribution in [1.82, 2.24) is 14.6 Å². The second kappa shape index (κ2) is 7.20. The fourth-order valence-electron chi connectivity index (χ4n) is 2.52. The van der Waals surface area contributed by atoms with Crippen LogP contribution in [0.5, 0.6) is 0 Å². The van der Waals surface area contributed by atoms with Crippen molar-refractivity contribution in [2.45, 2.75) is 37.1 Å². The predicted octanol–water partition coefficient (Wildman–Crippen LogP) is 1.28. The highest BCUT2D eigenvalue weighted by Gasteiger charge is 2.24. The van der Waals surface area contributed by atoms with Crippen molar-refractivity contribution in [2.24, 2.45) is 0 Å². The molecule has 7 heteroatoms. The van der Waals surface area contributed by atoms with Crippen LogP contribution in [-0.2, 0) is 10.0 Å². The van der Waals surface area contributed by atoms with Gasteiger partial charge >= 0.3 is 0 Å². The topological polar surface area (TPSA) is 74.3 Å². The van der Waals surface area contributed by atoms with E-state index < -0.39 is 10.0 Å². The van der Waals surface area contributed by atoms with E-state index in [4.69, 9.17) is 0 Å². The Morgan fingerprint density at radius 2 is 2.29 bits per heavy atom. The zero-order chi connectivity index (χ0) is 15.3. The Kier molecular flexibility index (Phi) is 5.55. The van der Waals surface area contributed by atoms with Crippen molar-refractivity contribution in [3.05, 3.63) is 18.5 Å². The first kappa shape index (κ1) is 16.2. The van der Waals surface area contributed by atoms with Crippen LogP contribution < -0.4 is 10.0 Å². The molecule has 0 aromatic carbocycles. The van der Waals surface area contributed by atoms with Gasteiger partial charge in [-0.2, -0.15) is 0 Å². The summed E-state index contributed by atoms with van der Waals surface area (Å²) in [5.41, 5.74) is 0.610. The van der Waals surface area contributed by atoms with Crippen molar-refractivity contribution in [3.8, 4) is 0 Å². The molecule has 0 bridgehead atoms. The number of likely N-dealkylation sites (N-methyl/N-ethyl adjacent to an activating group) is 1. The van der Waals surface area contributed by atoms with Crippen LogP contribution in [0.4, 0.5) is 5.69 Å². The highest BCUT2D eigenvalue weighted by Crippen LogP contribution is 2.20. The number of rotatable bonds is 7. The Morgan fingerprint density at radius 3 is 2.95 bits per heavy atom. The lowest BCUT2D eigenvalue weighted by Crippen LogP contribution is -2.38. The summed E-state index contributed by atoms with van der Waals surface area (Å²) in [6.07, 6.45) is 6.09. The SMILES string of the molecule is CCCNc1ccncc1S(=O)(=O)NCC1CCCN1C. The molecule has 1 aliphatic heterocycles. The van der Waals surface area contributed by atoms with Gasteiger partial charge in [0.15, 0.2) is 0 Å². The maximum atomic E-state index is 12.5. The second-order valence-electron chi connectivity index (χ2n) is 5.43. The molecule has 0 radical (unpaired) electrons. The maximum Gasteiger partial charge on any atom is 0.244 e. The number of anilines is 1. The number of pyridine rings is 1. The van der Waals surface area contributed by atoms with Gasteiger partial charge in [0.25, 0.3) is 0 Å². The van der Waals surface area contributed by atoms with E-state index in [1.54, 1.807) is 12.3 Å². The van der Waals surface area contributed by atoms with Crippen molar-refractivity contribution >= 4 is 15.7 Å². The fourth-order valence-corrected chi connectivity index (χ4v) is 3.72.